The van der Waals surface area contributed by atoms with E-state index in [-0.39, 0.29) is 31.6 Å². The molecule has 0 aliphatic carbocycles. The van der Waals surface area contributed by atoms with Gasteiger partial charge in [0.25, 0.3) is 0 Å². The molecule has 0 fully saturated rings. The molecule has 0 bridgehead atoms. The van der Waals surface area contributed by atoms with Crippen LogP contribution in [0.25, 0.3) is 0 Å². The Kier molecular flexibility index (Phi) is 8.57. The second-order valence-electron chi connectivity index (χ2n) is 4.88. The molecule has 0 N–H and O–H groups in total. The van der Waals surface area contributed by atoms with Crippen LogP contribution < -0.4 is 0 Å². The third kappa shape index (κ3) is 6.84. The molecule has 0 atom stereocenters. The zero-order chi connectivity index (χ0) is 16.4. The Labute approximate surface area is 132 Å². The average molecular weight is 328 g/mol. The van der Waals surface area contributed by atoms with Crippen molar-refractivity contribution < 1.29 is 23.1 Å². The molecule has 0 unspecified atom stereocenters. The largest absolute Gasteiger partial charge is 0.384 e. The summed E-state index contributed by atoms with van der Waals surface area (Å²) in [7, 11) is -1.65. The number of carbonyl (C=O) groups excluding carboxylic acids is 1. The van der Waals surface area contributed by atoms with Crippen molar-refractivity contribution in [3.05, 3.63) is 35.4 Å². The van der Waals surface area contributed by atoms with Crippen LogP contribution >= 0.6 is 7.60 Å². The molecule has 0 aliphatic rings. The van der Waals surface area contributed by atoms with Gasteiger partial charge in [0.05, 0.1) is 19.8 Å². The Morgan fingerprint density at radius 2 is 1.77 bits per heavy atom. The van der Waals surface area contributed by atoms with Crippen molar-refractivity contribution >= 4 is 13.4 Å². The van der Waals surface area contributed by atoms with Crippen LogP contribution in [0.2, 0.25) is 0 Å². The van der Waals surface area contributed by atoms with E-state index in [2.05, 4.69) is 0 Å². The third-order valence-electron chi connectivity index (χ3n) is 3.01. The first kappa shape index (κ1) is 19.0. The lowest BCUT2D eigenvalue weighted by Crippen LogP contribution is -2.12. The van der Waals surface area contributed by atoms with E-state index < -0.39 is 7.60 Å². The molecular weight excluding hydrogens is 303 g/mol. The molecule has 1 aromatic carbocycles. The summed E-state index contributed by atoms with van der Waals surface area (Å²) in [4.78, 5) is 12.1. The number of carbonyl (C=O) groups is 1. The molecule has 0 heterocycles. The number of ketones is 1. The van der Waals surface area contributed by atoms with Gasteiger partial charge in [-0.3, -0.25) is 9.36 Å². The number of ether oxygens (including phenoxy) is 1. The lowest BCUT2D eigenvalue weighted by molar-refractivity contribution is -0.116. The Bertz CT molecular complexity index is 505. The van der Waals surface area contributed by atoms with Crippen molar-refractivity contribution in [1.29, 1.82) is 0 Å². The normalized spacial score (nSPS) is 11.6. The van der Waals surface area contributed by atoms with E-state index in [1.54, 1.807) is 21.0 Å². The monoisotopic (exact) mass is 328 g/mol. The minimum Gasteiger partial charge on any atom is -0.384 e. The van der Waals surface area contributed by atoms with Gasteiger partial charge in [-0.05, 0) is 31.4 Å². The topological polar surface area (TPSA) is 61.8 Å². The van der Waals surface area contributed by atoms with Gasteiger partial charge in [0.15, 0.2) is 0 Å². The van der Waals surface area contributed by atoms with Crippen LogP contribution in [0.4, 0.5) is 0 Å². The summed E-state index contributed by atoms with van der Waals surface area (Å²) in [5.41, 5.74) is 2.02. The number of hydrogen-bond acceptors (Lipinski definition) is 5. The summed E-state index contributed by atoms with van der Waals surface area (Å²) < 4.78 is 27.7. The second-order valence-corrected chi connectivity index (χ2v) is 6.94. The van der Waals surface area contributed by atoms with Crippen LogP contribution in [-0.2, 0) is 36.0 Å². The van der Waals surface area contributed by atoms with E-state index in [0.717, 1.165) is 17.5 Å². The Morgan fingerprint density at radius 1 is 1.14 bits per heavy atom. The van der Waals surface area contributed by atoms with Crippen molar-refractivity contribution in [3.8, 4) is 0 Å². The maximum atomic E-state index is 12.3. The van der Waals surface area contributed by atoms with Crippen molar-refractivity contribution in [1.82, 2.24) is 0 Å². The zero-order valence-electron chi connectivity index (χ0n) is 13.5. The van der Waals surface area contributed by atoms with Gasteiger partial charge in [0, 0.05) is 13.5 Å². The van der Waals surface area contributed by atoms with Crippen LogP contribution in [0.1, 0.15) is 25.0 Å². The van der Waals surface area contributed by atoms with Crippen LogP contribution in [0.15, 0.2) is 24.3 Å². The van der Waals surface area contributed by atoms with Gasteiger partial charge < -0.3 is 13.8 Å². The maximum Gasteiger partial charge on any atom is 0.338 e. The Hall–Kier alpha value is -1.00. The summed E-state index contributed by atoms with van der Waals surface area (Å²) in [5.74, 6) is -0.144. The zero-order valence-corrected chi connectivity index (χ0v) is 14.4. The van der Waals surface area contributed by atoms with Gasteiger partial charge in [-0.25, -0.2) is 0 Å². The predicted molar refractivity (Wildman–Crippen MR) is 86.5 cm³/mol. The molecule has 0 aliphatic heterocycles. The molecule has 0 radical (unpaired) electrons. The second kappa shape index (κ2) is 9.90. The third-order valence-corrected chi connectivity index (χ3v) is 5.05. The molecule has 22 heavy (non-hydrogen) atoms. The highest BCUT2D eigenvalue weighted by Gasteiger charge is 2.27. The highest BCUT2D eigenvalue weighted by atomic mass is 31.2. The molecule has 0 spiro atoms. The van der Waals surface area contributed by atoms with Gasteiger partial charge in [-0.15, -0.1) is 0 Å². The number of methoxy groups -OCH3 is 1. The van der Waals surface area contributed by atoms with Crippen LogP contribution in [0.5, 0.6) is 0 Å². The standard InChI is InChI=1S/C16H25O5P/c1-4-20-22(18,21-5-2)13-16(17)12-15-8-6-7-14(11-15)9-10-19-3/h6-8,11H,4-5,9-10,12-13H2,1-3H3. The van der Waals surface area contributed by atoms with Crippen LogP contribution in [0.3, 0.4) is 0 Å². The van der Waals surface area contributed by atoms with Gasteiger partial charge in [-0.2, -0.15) is 0 Å². The lowest BCUT2D eigenvalue weighted by Gasteiger charge is -2.16. The number of Topliss-reactive ketones (excluding diaryl/α,β-unsaturated/α-hetero) is 1. The molecule has 6 heteroatoms. The molecular formula is C16H25O5P. The molecule has 0 amide bonds. The minimum atomic E-state index is -3.31. The van der Waals surface area contributed by atoms with Crippen molar-refractivity contribution in [2.75, 3.05) is 33.1 Å². The summed E-state index contributed by atoms with van der Waals surface area (Å²) in [5, 5.41) is 0. The summed E-state index contributed by atoms with van der Waals surface area (Å²) in [6, 6.07) is 7.78. The number of rotatable bonds is 11. The summed E-state index contributed by atoms with van der Waals surface area (Å²) >= 11 is 0. The lowest BCUT2D eigenvalue weighted by atomic mass is 10.0. The first-order valence-corrected chi connectivity index (χ1v) is 9.22. The van der Waals surface area contributed by atoms with E-state index in [1.165, 1.54) is 0 Å². The number of hydrogen-bond donors (Lipinski definition) is 0. The summed E-state index contributed by atoms with van der Waals surface area (Å²) in [6.45, 7) is 4.63. The van der Waals surface area contributed by atoms with E-state index in [0.29, 0.717) is 6.61 Å². The Balaban J connectivity index is 2.65. The van der Waals surface area contributed by atoms with E-state index >= 15 is 0 Å². The van der Waals surface area contributed by atoms with E-state index in [4.69, 9.17) is 13.8 Å². The molecule has 1 rings (SSSR count). The smallest absolute Gasteiger partial charge is 0.338 e. The fourth-order valence-corrected chi connectivity index (χ4v) is 3.72. The first-order chi connectivity index (χ1) is 10.5. The van der Waals surface area contributed by atoms with Gasteiger partial charge in [0.1, 0.15) is 11.9 Å². The van der Waals surface area contributed by atoms with Crippen molar-refractivity contribution in [3.63, 3.8) is 0 Å². The van der Waals surface area contributed by atoms with E-state index in [9.17, 15) is 9.36 Å². The van der Waals surface area contributed by atoms with Gasteiger partial charge >= 0.3 is 7.60 Å². The molecule has 0 aromatic heterocycles. The first-order valence-electron chi connectivity index (χ1n) is 7.49. The van der Waals surface area contributed by atoms with Crippen LogP contribution in [0, 0.1) is 0 Å². The average Bonchev–Trinajstić information content (AvgIpc) is 2.45. The maximum absolute atomic E-state index is 12.3. The summed E-state index contributed by atoms with van der Waals surface area (Å²) in [6.07, 6.45) is 0.844. The van der Waals surface area contributed by atoms with E-state index in [1.807, 2.05) is 24.3 Å². The molecule has 0 saturated heterocycles. The minimum absolute atomic E-state index is 0.144. The SMILES string of the molecule is CCOP(=O)(CC(=O)Cc1cccc(CCOC)c1)OCC. The number of benzene rings is 1. The fraction of sp³-hybridized carbons (Fsp3) is 0.562. The predicted octanol–water partition coefficient (Wildman–Crippen LogP) is 3.25. The quantitative estimate of drug-likeness (QED) is 0.584. The molecule has 1 aromatic rings. The molecule has 5 nitrogen and oxygen atoms in total. The van der Waals surface area contributed by atoms with Crippen molar-refractivity contribution in [2.24, 2.45) is 0 Å². The highest BCUT2D eigenvalue weighted by molar-refractivity contribution is 7.54. The van der Waals surface area contributed by atoms with Gasteiger partial charge in [0.2, 0.25) is 0 Å². The van der Waals surface area contributed by atoms with Crippen LogP contribution in [-0.4, -0.2) is 38.9 Å². The highest BCUT2D eigenvalue weighted by Crippen LogP contribution is 2.47. The molecule has 124 valence electrons. The molecule has 0 saturated carbocycles. The van der Waals surface area contributed by atoms with Crippen molar-refractivity contribution in [2.45, 2.75) is 26.7 Å². The fourth-order valence-electron chi connectivity index (χ4n) is 2.14. The van der Waals surface area contributed by atoms with Gasteiger partial charge in [-0.1, -0.05) is 24.3 Å². The Morgan fingerprint density at radius 3 is 2.36 bits per heavy atom.